The Morgan fingerprint density at radius 2 is 1.95 bits per heavy atom. The smallest absolute Gasteiger partial charge is 0.229 e. The highest BCUT2D eigenvalue weighted by atomic mass is 35.5. The molecule has 3 N–H and O–H groups in total. The zero-order chi connectivity index (χ0) is 14.6. The molecule has 0 saturated heterocycles. The molecular weight excluding hydrogens is 323 g/mol. The van der Waals surface area contributed by atoms with Crippen LogP contribution in [-0.2, 0) is 10.0 Å². The van der Waals surface area contributed by atoms with Gasteiger partial charge in [-0.05, 0) is 17.7 Å². The predicted octanol–water partition coefficient (Wildman–Crippen LogP) is 2.46. The van der Waals surface area contributed by atoms with Crippen LogP contribution in [0.5, 0.6) is 5.75 Å². The first-order chi connectivity index (χ1) is 8.69. The number of nitrogens with one attached hydrogen (secondary N) is 2. The molecule has 0 aliphatic carbocycles. The van der Waals surface area contributed by atoms with Crippen LogP contribution in [-0.4, -0.2) is 32.4 Å². The van der Waals surface area contributed by atoms with Crippen molar-refractivity contribution in [1.82, 2.24) is 5.32 Å². The summed E-state index contributed by atoms with van der Waals surface area (Å²) in [6.45, 7) is 4.58. The summed E-state index contributed by atoms with van der Waals surface area (Å²) in [4.78, 5) is 0. The molecule has 0 fully saturated rings. The van der Waals surface area contributed by atoms with Crippen LogP contribution in [0.2, 0.25) is 0 Å². The molecule has 0 spiro atoms. The second kappa shape index (κ2) is 7.93. The average Bonchev–Trinajstić information content (AvgIpc) is 2.27. The van der Waals surface area contributed by atoms with E-state index in [4.69, 9.17) is 11.6 Å². The zero-order valence-electron chi connectivity index (χ0n) is 11.6. The lowest BCUT2D eigenvalue weighted by Gasteiger charge is -2.15. The minimum atomic E-state index is -3.44. The van der Waals surface area contributed by atoms with Crippen LogP contribution in [0.1, 0.15) is 24.8 Å². The molecule has 8 heteroatoms. The molecule has 0 amide bonds. The normalized spacial score (nSPS) is 12.8. The monoisotopic (exact) mass is 342 g/mol. The van der Waals surface area contributed by atoms with Crippen molar-refractivity contribution in [1.29, 1.82) is 0 Å². The number of anilines is 1. The van der Waals surface area contributed by atoms with Crippen molar-refractivity contribution in [3.05, 3.63) is 23.8 Å². The minimum absolute atomic E-state index is 0. The maximum atomic E-state index is 11.2. The van der Waals surface area contributed by atoms with E-state index in [0.29, 0.717) is 12.6 Å². The van der Waals surface area contributed by atoms with Gasteiger partial charge < -0.3 is 10.4 Å². The van der Waals surface area contributed by atoms with Gasteiger partial charge in [0.2, 0.25) is 10.0 Å². The third-order valence-corrected chi connectivity index (χ3v) is 3.38. The lowest BCUT2D eigenvalue weighted by Crippen LogP contribution is -2.26. The van der Waals surface area contributed by atoms with Crippen molar-refractivity contribution in [2.75, 3.05) is 17.5 Å². The number of halogens is 2. The molecule has 0 saturated carbocycles. The number of phenolic OH excluding ortho intramolecular Hbond substituents is 1. The van der Waals surface area contributed by atoms with Crippen LogP contribution in [0.25, 0.3) is 0 Å². The van der Waals surface area contributed by atoms with Gasteiger partial charge in [-0.3, -0.25) is 4.72 Å². The summed E-state index contributed by atoms with van der Waals surface area (Å²) < 4.78 is 24.6. The average molecular weight is 343 g/mol. The SMILES string of the molecule is CC(C)NCC(Cl)c1ccc(O)c(NS(C)(=O)=O)c1.Cl. The second-order valence-corrected chi connectivity index (χ2v) is 6.96. The highest BCUT2D eigenvalue weighted by Gasteiger charge is 2.13. The molecule has 1 unspecified atom stereocenters. The lowest BCUT2D eigenvalue weighted by atomic mass is 10.1. The molecule has 5 nitrogen and oxygen atoms in total. The van der Waals surface area contributed by atoms with Crippen molar-refractivity contribution >= 4 is 39.7 Å². The fourth-order valence-electron chi connectivity index (χ4n) is 1.49. The van der Waals surface area contributed by atoms with Gasteiger partial charge in [0.05, 0.1) is 17.3 Å². The Balaban J connectivity index is 0.00000361. The quantitative estimate of drug-likeness (QED) is 0.548. The van der Waals surface area contributed by atoms with E-state index < -0.39 is 10.0 Å². The molecule has 1 aromatic rings. The van der Waals surface area contributed by atoms with Gasteiger partial charge >= 0.3 is 0 Å². The Kier molecular flexibility index (Phi) is 7.65. The highest BCUT2D eigenvalue weighted by molar-refractivity contribution is 7.92. The maximum Gasteiger partial charge on any atom is 0.229 e. The van der Waals surface area contributed by atoms with E-state index in [0.717, 1.165) is 11.8 Å². The Labute approximate surface area is 131 Å². The van der Waals surface area contributed by atoms with Crippen LogP contribution in [0, 0.1) is 0 Å². The van der Waals surface area contributed by atoms with Gasteiger partial charge in [0.15, 0.2) is 0 Å². The Bertz CT molecular complexity index is 536. The molecule has 20 heavy (non-hydrogen) atoms. The second-order valence-electron chi connectivity index (χ2n) is 4.68. The Morgan fingerprint density at radius 1 is 1.35 bits per heavy atom. The zero-order valence-corrected chi connectivity index (χ0v) is 13.9. The van der Waals surface area contributed by atoms with Crippen molar-refractivity contribution in [3.8, 4) is 5.75 Å². The van der Waals surface area contributed by atoms with E-state index in [9.17, 15) is 13.5 Å². The number of aromatic hydroxyl groups is 1. The van der Waals surface area contributed by atoms with Crippen molar-refractivity contribution in [2.45, 2.75) is 25.3 Å². The molecule has 0 heterocycles. The Morgan fingerprint density at radius 3 is 2.45 bits per heavy atom. The van der Waals surface area contributed by atoms with Gasteiger partial charge in [-0.1, -0.05) is 19.9 Å². The summed E-state index contributed by atoms with van der Waals surface area (Å²) in [6.07, 6.45) is 1.03. The van der Waals surface area contributed by atoms with E-state index in [1.54, 1.807) is 6.07 Å². The van der Waals surface area contributed by atoms with E-state index in [1.165, 1.54) is 12.1 Å². The van der Waals surface area contributed by atoms with Crippen LogP contribution >= 0.6 is 24.0 Å². The molecule has 1 rings (SSSR count). The van der Waals surface area contributed by atoms with Gasteiger partial charge in [-0.15, -0.1) is 24.0 Å². The maximum absolute atomic E-state index is 11.2. The molecule has 0 aliphatic rings. The number of hydrogen-bond donors (Lipinski definition) is 3. The Hall–Kier alpha value is -0.690. The van der Waals surface area contributed by atoms with Gasteiger partial charge in [0.1, 0.15) is 5.75 Å². The number of benzene rings is 1. The fraction of sp³-hybridized carbons (Fsp3) is 0.500. The highest BCUT2D eigenvalue weighted by Crippen LogP contribution is 2.30. The standard InChI is InChI=1S/C12H19ClN2O3S.ClH/c1-8(2)14-7-10(13)9-4-5-12(16)11(6-9)15-19(3,17)18;/h4-6,8,10,14-16H,7H2,1-3H3;1H. The van der Waals surface area contributed by atoms with Gasteiger partial charge in [0, 0.05) is 12.6 Å². The lowest BCUT2D eigenvalue weighted by molar-refractivity contribution is 0.477. The summed E-state index contributed by atoms with van der Waals surface area (Å²) in [5, 5.41) is 12.5. The summed E-state index contributed by atoms with van der Waals surface area (Å²) in [5.41, 5.74) is 0.869. The van der Waals surface area contributed by atoms with Crippen LogP contribution in [0.15, 0.2) is 18.2 Å². The van der Waals surface area contributed by atoms with Crippen LogP contribution < -0.4 is 10.0 Å². The molecule has 0 aliphatic heterocycles. The summed E-state index contributed by atoms with van der Waals surface area (Å²) in [5.74, 6) is -0.130. The van der Waals surface area contributed by atoms with Crippen molar-refractivity contribution in [3.63, 3.8) is 0 Å². The summed E-state index contributed by atoms with van der Waals surface area (Å²) in [7, 11) is -3.44. The van der Waals surface area contributed by atoms with E-state index in [2.05, 4.69) is 10.0 Å². The van der Waals surface area contributed by atoms with E-state index >= 15 is 0 Å². The number of hydrogen-bond acceptors (Lipinski definition) is 4. The van der Waals surface area contributed by atoms with Gasteiger partial charge in [-0.2, -0.15) is 0 Å². The van der Waals surface area contributed by atoms with Crippen LogP contribution in [0.3, 0.4) is 0 Å². The fourth-order valence-corrected chi connectivity index (χ4v) is 2.27. The first kappa shape index (κ1) is 19.3. The van der Waals surface area contributed by atoms with Gasteiger partial charge in [0.25, 0.3) is 0 Å². The number of alkyl halides is 1. The minimum Gasteiger partial charge on any atom is -0.506 e. The predicted molar refractivity (Wildman–Crippen MR) is 85.6 cm³/mol. The number of sulfonamides is 1. The van der Waals surface area contributed by atoms with Crippen molar-refractivity contribution in [2.24, 2.45) is 0 Å². The number of rotatable bonds is 6. The molecule has 1 atom stereocenters. The summed E-state index contributed by atoms with van der Waals surface area (Å²) in [6, 6.07) is 4.94. The third-order valence-electron chi connectivity index (χ3n) is 2.38. The van der Waals surface area contributed by atoms with E-state index in [-0.39, 0.29) is 29.2 Å². The first-order valence-corrected chi connectivity index (χ1v) is 8.20. The molecule has 0 aromatic heterocycles. The summed E-state index contributed by atoms with van der Waals surface area (Å²) >= 11 is 6.22. The van der Waals surface area contributed by atoms with E-state index in [1.807, 2.05) is 13.8 Å². The topological polar surface area (TPSA) is 78.4 Å². The number of phenols is 1. The first-order valence-electron chi connectivity index (χ1n) is 5.87. The van der Waals surface area contributed by atoms with Gasteiger partial charge in [-0.25, -0.2) is 8.42 Å². The van der Waals surface area contributed by atoms with Crippen LogP contribution in [0.4, 0.5) is 5.69 Å². The largest absolute Gasteiger partial charge is 0.506 e. The molecule has 1 aromatic carbocycles. The molecule has 0 radical (unpaired) electrons. The third kappa shape index (κ3) is 6.65. The molecule has 0 bridgehead atoms. The molecule has 116 valence electrons. The molecular formula is C12H20Cl2N2O3S. The van der Waals surface area contributed by atoms with Crippen molar-refractivity contribution < 1.29 is 13.5 Å².